The normalized spacial score (nSPS) is 13.2. The minimum absolute atomic E-state index is 0.0618. The van der Waals surface area contributed by atoms with Gasteiger partial charge in [0.1, 0.15) is 0 Å². The van der Waals surface area contributed by atoms with Crippen molar-refractivity contribution in [1.29, 1.82) is 0 Å². The van der Waals surface area contributed by atoms with Gasteiger partial charge in [0.05, 0.1) is 0 Å². The molecule has 0 aromatic rings. The van der Waals surface area contributed by atoms with Crippen LogP contribution >= 0.6 is 43.6 Å². The van der Waals surface area contributed by atoms with E-state index >= 15 is 0 Å². The van der Waals surface area contributed by atoms with Crippen LogP contribution in [-0.4, -0.2) is 14.5 Å². The number of hydrogen-bond donors (Lipinski definition) is 0. The quantitative estimate of drug-likeness (QED) is 0.390. The molecule has 0 fully saturated rings. The fraction of sp³-hybridized carbons (Fsp3) is 0. The van der Waals surface area contributed by atoms with Crippen molar-refractivity contribution in [1.82, 2.24) is 0 Å². The molecule has 1 nitrogen and oxygen atoms in total. The van der Waals surface area contributed by atoms with E-state index in [1.54, 1.807) is 0 Å². The lowest BCUT2D eigenvalue weighted by molar-refractivity contribution is 0.685. The molecule has 0 radical (unpaired) electrons. The molecule has 5 heavy (non-hydrogen) atoms. The van der Waals surface area contributed by atoms with Crippen LogP contribution in [0.15, 0.2) is 0 Å². The van der Waals surface area contributed by atoms with E-state index in [2.05, 4.69) is 43.6 Å². The summed E-state index contributed by atoms with van der Waals surface area (Å²) in [6.45, 7) is 0. The van der Waals surface area contributed by atoms with Crippen LogP contribution in [-0.2, 0) is 4.12 Å². The lowest BCUT2D eigenvalue weighted by Gasteiger charge is -1.82. The Balaban J connectivity index is 2.19. The first-order valence-corrected chi connectivity index (χ1v) is 12.5. The van der Waals surface area contributed by atoms with Gasteiger partial charge in [0.2, 0.25) is 14.5 Å². The highest BCUT2D eigenvalue weighted by atomic mass is 127. The molecule has 0 amide bonds. The fourth-order valence-electron chi connectivity index (χ4n) is 0.0292. The highest BCUT2D eigenvalue weighted by molar-refractivity contribution is 14.1. The molecule has 0 atom stereocenters. The Morgan fingerprint density at radius 1 is 1.20 bits per heavy atom. The third-order valence-electron chi connectivity index (χ3n) is 0.154. The van der Waals surface area contributed by atoms with E-state index in [0.29, 0.717) is 0 Å². The van der Waals surface area contributed by atoms with Crippen molar-refractivity contribution in [3.8, 4) is 0 Å². The molecule has 0 saturated carbocycles. The Morgan fingerprint density at radius 2 is 1.60 bits per heavy atom. The highest BCUT2D eigenvalue weighted by Crippen LogP contribution is 1.80. The summed E-state index contributed by atoms with van der Waals surface area (Å²) in [5.41, 5.74) is 0. The van der Waals surface area contributed by atoms with Gasteiger partial charge >= 0.3 is 0 Å². The van der Waals surface area contributed by atoms with Crippen molar-refractivity contribution >= 4 is 58.1 Å². The minimum atomic E-state index is -0.0618. The van der Waals surface area contributed by atoms with E-state index in [1.807, 2.05) is 0 Å². The van der Waals surface area contributed by atoms with Crippen molar-refractivity contribution in [3.05, 3.63) is 0 Å². The summed E-state index contributed by atoms with van der Waals surface area (Å²) in [7, 11) is -0.124. The first kappa shape index (κ1) is 6.85. The monoisotopic (exact) mass is 330 g/mol. The Bertz CT molecular complexity index is 15.1. The van der Waals surface area contributed by atoms with Gasteiger partial charge in [-0.15, -0.1) is 0 Å². The Hall–Kier alpha value is 1.85. The molecule has 0 N–H and O–H groups in total. The fourth-order valence-corrected chi connectivity index (χ4v) is 11.8. The third kappa shape index (κ3) is 5.85. The molecule has 0 saturated heterocycles. The molecule has 32 valence electrons. The van der Waals surface area contributed by atoms with Crippen molar-refractivity contribution in [2.45, 2.75) is 0 Å². The second kappa shape index (κ2) is 5.85. The van der Waals surface area contributed by atoms with Gasteiger partial charge < -0.3 is 4.12 Å². The number of hydrogen-bond acceptors (Lipinski definition) is 1. The summed E-state index contributed by atoms with van der Waals surface area (Å²) < 4.78 is 5.08. The molecule has 0 heterocycles. The zero-order valence-corrected chi connectivity index (χ0v) is 9.72. The van der Waals surface area contributed by atoms with Crippen LogP contribution in [0.4, 0.5) is 0 Å². The smallest absolute Gasteiger partial charge is 0.216 e. The molecule has 0 aliphatic rings. The van der Waals surface area contributed by atoms with Crippen LogP contribution in [0.3, 0.4) is 0 Å². The maximum Gasteiger partial charge on any atom is 0.216 e. The zero-order valence-electron chi connectivity index (χ0n) is 2.58. The minimum Gasteiger partial charge on any atom is -0.450 e. The second-order valence-corrected chi connectivity index (χ2v) is 6.23. The summed E-state index contributed by atoms with van der Waals surface area (Å²) in [6, 6.07) is 0. The Kier molecular flexibility index (Phi) is 8.02. The van der Waals surface area contributed by atoms with Gasteiger partial charge in [0.25, 0.3) is 0 Å². The molecule has 0 spiro atoms. The van der Waals surface area contributed by atoms with Crippen molar-refractivity contribution in [2.24, 2.45) is 0 Å². The van der Waals surface area contributed by atoms with Gasteiger partial charge in [0.15, 0.2) is 0 Å². The second-order valence-electron chi connectivity index (χ2n) is 0.422. The maximum atomic E-state index is 5.08. The summed E-state index contributed by atoms with van der Waals surface area (Å²) in [6.07, 6.45) is 0. The molecular formula is H4I2OSi2. The topological polar surface area (TPSA) is 9.23 Å². The van der Waals surface area contributed by atoms with Crippen molar-refractivity contribution < 1.29 is 4.12 Å². The maximum absolute atomic E-state index is 5.08. The Morgan fingerprint density at radius 3 is 1.60 bits per heavy atom. The van der Waals surface area contributed by atoms with E-state index in [0.717, 1.165) is 0 Å². The SMILES string of the molecule is I[SiH2]O[SiH2]I. The van der Waals surface area contributed by atoms with E-state index in [9.17, 15) is 0 Å². The molecule has 0 unspecified atom stereocenters. The highest BCUT2D eigenvalue weighted by Gasteiger charge is 1.70. The molecule has 0 aliphatic heterocycles. The predicted molar refractivity (Wildman–Crippen MR) is 46.2 cm³/mol. The number of rotatable bonds is 2. The van der Waals surface area contributed by atoms with Crippen LogP contribution in [0.5, 0.6) is 0 Å². The summed E-state index contributed by atoms with van der Waals surface area (Å²) in [4.78, 5) is 0. The molecule has 0 rings (SSSR count). The van der Waals surface area contributed by atoms with Gasteiger partial charge in [-0.25, -0.2) is 0 Å². The van der Waals surface area contributed by atoms with E-state index in [1.165, 1.54) is 0 Å². The molecular weight excluding hydrogens is 326 g/mol. The first-order chi connectivity index (χ1) is 2.41. The van der Waals surface area contributed by atoms with Gasteiger partial charge in [-0.1, -0.05) is 43.6 Å². The van der Waals surface area contributed by atoms with Gasteiger partial charge in [-0.2, -0.15) is 0 Å². The average Bonchev–Trinajstić information content (AvgIpc) is 1.41. The average molecular weight is 330 g/mol. The van der Waals surface area contributed by atoms with Gasteiger partial charge in [0, 0.05) is 0 Å². The van der Waals surface area contributed by atoms with Crippen LogP contribution in [0.1, 0.15) is 0 Å². The largest absolute Gasteiger partial charge is 0.450 e. The van der Waals surface area contributed by atoms with E-state index < -0.39 is 0 Å². The van der Waals surface area contributed by atoms with E-state index in [-0.39, 0.29) is 14.5 Å². The summed E-state index contributed by atoms with van der Waals surface area (Å²) >= 11 is 4.67. The van der Waals surface area contributed by atoms with Crippen LogP contribution in [0.2, 0.25) is 0 Å². The Labute approximate surface area is 61.6 Å². The van der Waals surface area contributed by atoms with Crippen molar-refractivity contribution in [2.75, 3.05) is 0 Å². The van der Waals surface area contributed by atoms with E-state index in [4.69, 9.17) is 4.12 Å². The lowest BCUT2D eigenvalue weighted by atomic mass is 15.8. The summed E-state index contributed by atoms with van der Waals surface area (Å²) in [5.74, 6) is 0. The van der Waals surface area contributed by atoms with Gasteiger partial charge in [-0.3, -0.25) is 0 Å². The molecule has 5 heteroatoms. The van der Waals surface area contributed by atoms with Crippen LogP contribution in [0, 0.1) is 0 Å². The van der Waals surface area contributed by atoms with Crippen molar-refractivity contribution in [3.63, 3.8) is 0 Å². The molecule has 0 aromatic heterocycles. The molecule has 0 bridgehead atoms. The third-order valence-corrected chi connectivity index (χ3v) is 9.32. The van der Waals surface area contributed by atoms with Crippen LogP contribution in [0.25, 0.3) is 0 Å². The standard InChI is InChI=1S/H4I2OSi2/c1-4-3-5-2/h4-5H2. The molecule has 0 aliphatic carbocycles. The molecule has 0 aromatic carbocycles. The van der Waals surface area contributed by atoms with Gasteiger partial charge in [-0.05, 0) is 0 Å². The lowest BCUT2D eigenvalue weighted by Crippen LogP contribution is -1.86. The van der Waals surface area contributed by atoms with Crippen LogP contribution < -0.4 is 0 Å². The summed E-state index contributed by atoms with van der Waals surface area (Å²) in [5, 5.41) is 0. The number of halogens is 2. The first-order valence-electron chi connectivity index (χ1n) is 1.11. The predicted octanol–water partition coefficient (Wildman–Crippen LogP) is -0.129. The zero-order chi connectivity index (χ0) is 4.12.